The van der Waals surface area contributed by atoms with Gasteiger partial charge < -0.3 is 15.8 Å². The zero-order valence-corrected chi connectivity index (χ0v) is 11.8. The number of nitrogens with two attached hydrogens (primary N) is 1. The number of benzene rings is 1. The lowest BCUT2D eigenvalue weighted by Gasteiger charge is -2.22. The number of oxime groups is 1. The molecule has 0 saturated heterocycles. The molecule has 3 N–H and O–H groups in total. The average molecular weight is 263 g/mol. The lowest BCUT2D eigenvalue weighted by molar-refractivity contribution is 0.0785. The monoisotopic (exact) mass is 263 g/mol. The van der Waals surface area contributed by atoms with Gasteiger partial charge in [-0.05, 0) is 25.5 Å². The molecule has 1 aromatic rings. The van der Waals surface area contributed by atoms with Crippen LogP contribution in [0.1, 0.15) is 28.4 Å². The molecule has 1 aromatic carbocycles. The summed E-state index contributed by atoms with van der Waals surface area (Å²) in [5, 5.41) is 11.6. The van der Waals surface area contributed by atoms with E-state index in [2.05, 4.69) is 5.16 Å². The van der Waals surface area contributed by atoms with Gasteiger partial charge in [0.05, 0.1) is 0 Å². The van der Waals surface area contributed by atoms with Gasteiger partial charge in [-0.25, -0.2) is 0 Å². The van der Waals surface area contributed by atoms with Gasteiger partial charge in [-0.1, -0.05) is 29.8 Å². The van der Waals surface area contributed by atoms with Crippen LogP contribution in [0.5, 0.6) is 0 Å². The predicted molar refractivity (Wildman–Crippen MR) is 75.4 cm³/mol. The van der Waals surface area contributed by atoms with E-state index in [-0.39, 0.29) is 17.7 Å². The van der Waals surface area contributed by atoms with Gasteiger partial charge in [0.1, 0.15) is 5.84 Å². The molecule has 5 heteroatoms. The minimum Gasteiger partial charge on any atom is -0.409 e. The molecule has 0 heterocycles. The van der Waals surface area contributed by atoms with Crippen LogP contribution in [0.3, 0.4) is 0 Å². The Bertz CT molecular complexity index is 497. The maximum atomic E-state index is 12.3. The van der Waals surface area contributed by atoms with Gasteiger partial charge in [-0.15, -0.1) is 0 Å². The van der Waals surface area contributed by atoms with Gasteiger partial charge >= 0.3 is 0 Å². The normalized spacial score (nSPS) is 13.2. The van der Waals surface area contributed by atoms with Crippen molar-refractivity contribution in [2.45, 2.75) is 20.8 Å². The molecule has 0 bridgehead atoms. The maximum absolute atomic E-state index is 12.3. The van der Waals surface area contributed by atoms with Gasteiger partial charge in [0.15, 0.2) is 0 Å². The van der Waals surface area contributed by atoms with E-state index in [9.17, 15) is 4.79 Å². The lowest BCUT2D eigenvalue weighted by atomic mass is 10.0. The van der Waals surface area contributed by atoms with E-state index in [1.54, 1.807) is 11.9 Å². The van der Waals surface area contributed by atoms with Crippen LogP contribution in [0.25, 0.3) is 0 Å². The van der Waals surface area contributed by atoms with Crippen LogP contribution < -0.4 is 5.73 Å². The highest BCUT2D eigenvalue weighted by atomic mass is 16.4. The summed E-state index contributed by atoms with van der Waals surface area (Å²) in [6.45, 7) is 6.08. The molecular formula is C14H21N3O2. The number of amidine groups is 1. The smallest absolute Gasteiger partial charge is 0.253 e. The number of carbonyl (C=O) groups is 1. The Morgan fingerprint density at radius 2 is 2.11 bits per heavy atom. The Balaban J connectivity index is 2.85. The first-order valence-electron chi connectivity index (χ1n) is 6.17. The largest absolute Gasteiger partial charge is 0.409 e. The Morgan fingerprint density at radius 3 is 2.68 bits per heavy atom. The standard InChI is InChI=1S/C14H21N3O2/c1-9-5-6-10(2)12(7-9)14(18)17(4)8-11(3)13(15)16-19/h5-7,11,19H,8H2,1-4H3,(H2,15,16). The van der Waals surface area contributed by atoms with Crippen LogP contribution in [0.4, 0.5) is 0 Å². The maximum Gasteiger partial charge on any atom is 0.253 e. The SMILES string of the molecule is Cc1ccc(C)c(C(=O)N(C)CC(C)C(N)=NO)c1. The number of aryl methyl sites for hydroxylation is 2. The number of amides is 1. The summed E-state index contributed by atoms with van der Waals surface area (Å²) in [7, 11) is 1.71. The molecule has 0 spiro atoms. The molecular weight excluding hydrogens is 242 g/mol. The summed E-state index contributed by atoms with van der Waals surface area (Å²) < 4.78 is 0. The number of rotatable bonds is 4. The van der Waals surface area contributed by atoms with Crippen molar-refractivity contribution in [1.82, 2.24) is 4.90 Å². The second kappa shape index (κ2) is 6.22. The number of carbonyl (C=O) groups excluding carboxylic acids is 1. The summed E-state index contributed by atoms with van der Waals surface area (Å²) in [4.78, 5) is 13.9. The van der Waals surface area contributed by atoms with Crippen LogP contribution in [-0.2, 0) is 0 Å². The van der Waals surface area contributed by atoms with Crippen molar-refractivity contribution in [3.05, 3.63) is 34.9 Å². The molecule has 0 aliphatic carbocycles. The summed E-state index contributed by atoms with van der Waals surface area (Å²) in [5.41, 5.74) is 8.20. The number of nitrogens with zero attached hydrogens (tertiary/aromatic N) is 2. The second-order valence-corrected chi connectivity index (χ2v) is 4.93. The van der Waals surface area contributed by atoms with E-state index in [4.69, 9.17) is 10.9 Å². The van der Waals surface area contributed by atoms with Gasteiger partial charge in [-0.2, -0.15) is 0 Å². The zero-order valence-electron chi connectivity index (χ0n) is 11.8. The molecule has 1 atom stereocenters. The molecule has 1 unspecified atom stereocenters. The van der Waals surface area contributed by atoms with Crippen LogP contribution >= 0.6 is 0 Å². The van der Waals surface area contributed by atoms with E-state index in [1.165, 1.54) is 0 Å². The Kier molecular flexibility index (Phi) is 4.92. The van der Waals surface area contributed by atoms with Crippen molar-refractivity contribution in [3.63, 3.8) is 0 Å². The van der Waals surface area contributed by atoms with Gasteiger partial charge in [0.2, 0.25) is 0 Å². The van der Waals surface area contributed by atoms with Crippen LogP contribution in [0, 0.1) is 19.8 Å². The van der Waals surface area contributed by atoms with Gasteiger partial charge in [0, 0.05) is 25.1 Å². The lowest BCUT2D eigenvalue weighted by Crippen LogP contribution is -2.36. The van der Waals surface area contributed by atoms with E-state index in [0.29, 0.717) is 12.1 Å². The zero-order chi connectivity index (χ0) is 14.6. The van der Waals surface area contributed by atoms with E-state index in [0.717, 1.165) is 11.1 Å². The Hall–Kier alpha value is -2.04. The highest BCUT2D eigenvalue weighted by molar-refractivity contribution is 5.96. The first kappa shape index (κ1) is 15.0. The fraction of sp³-hybridized carbons (Fsp3) is 0.429. The molecule has 0 radical (unpaired) electrons. The van der Waals surface area contributed by atoms with E-state index >= 15 is 0 Å². The summed E-state index contributed by atoms with van der Waals surface area (Å²) in [5.74, 6) is -0.122. The molecule has 0 fully saturated rings. The van der Waals surface area contributed by atoms with Crippen molar-refractivity contribution in [1.29, 1.82) is 0 Å². The van der Waals surface area contributed by atoms with Crippen molar-refractivity contribution >= 4 is 11.7 Å². The summed E-state index contributed by atoms with van der Waals surface area (Å²) in [6, 6.07) is 5.79. The van der Waals surface area contributed by atoms with E-state index in [1.807, 2.05) is 39.0 Å². The van der Waals surface area contributed by atoms with Crippen molar-refractivity contribution < 1.29 is 10.0 Å². The van der Waals surface area contributed by atoms with Gasteiger partial charge in [0.25, 0.3) is 5.91 Å². The number of hydrogen-bond acceptors (Lipinski definition) is 3. The molecule has 5 nitrogen and oxygen atoms in total. The molecule has 0 saturated carbocycles. The topological polar surface area (TPSA) is 78.9 Å². The molecule has 0 aliphatic rings. The van der Waals surface area contributed by atoms with Crippen LogP contribution in [-0.4, -0.2) is 35.4 Å². The Morgan fingerprint density at radius 1 is 1.47 bits per heavy atom. The minimum atomic E-state index is -0.191. The fourth-order valence-electron chi connectivity index (χ4n) is 1.86. The fourth-order valence-corrected chi connectivity index (χ4v) is 1.86. The molecule has 0 aromatic heterocycles. The van der Waals surface area contributed by atoms with Crippen molar-refractivity contribution in [3.8, 4) is 0 Å². The third-order valence-electron chi connectivity index (χ3n) is 3.14. The predicted octanol–water partition coefficient (Wildman–Crippen LogP) is 1.76. The average Bonchev–Trinajstić information content (AvgIpc) is 2.39. The highest BCUT2D eigenvalue weighted by Gasteiger charge is 2.18. The molecule has 104 valence electrons. The number of hydrogen-bond donors (Lipinski definition) is 2. The van der Waals surface area contributed by atoms with Crippen molar-refractivity contribution in [2.24, 2.45) is 16.8 Å². The molecule has 1 amide bonds. The second-order valence-electron chi connectivity index (χ2n) is 4.93. The molecule has 1 rings (SSSR count). The molecule has 19 heavy (non-hydrogen) atoms. The Labute approximate surface area is 113 Å². The molecule has 0 aliphatic heterocycles. The van der Waals surface area contributed by atoms with Gasteiger partial charge in [-0.3, -0.25) is 4.79 Å². The highest BCUT2D eigenvalue weighted by Crippen LogP contribution is 2.13. The van der Waals surface area contributed by atoms with E-state index < -0.39 is 0 Å². The first-order chi connectivity index (χ1) is 8.86. The van der Waals surface area contributed by atoms with Crippen molar-refractivity contribution in [2.75, 3.05) is 13.6 Å². The van der Waals surface area contributed by atoms with Crippen LogP contribution in [0.2, 0.25) is 0 Å². The van der Waals surface area contributed by atoms with Crippen LogP contribution in [0.15, 0.2) is 23.4 Å². The minimum absolute atomic E-state index is 0.0567. The quantitative estimate of drug-likeness (QED) is 0.376. The third kappa shape index (κ3) is 3.71. The first-order valence-corrected chi connectivity index (χ1v) is 6.17. The third-order valence-corrected chi connectivity index (χ3v) is 3.14. The summed E-state index contributed by atoms with van der Waals surface area (Å²) in [6.07, 6.45) is 0. The summed E-state index contributed by atoms with van der Waals surface area (Å²) >= 11 is 0.